The van der Waals surface area contributed by atoms with Gasteiger partial charge in [0, 0.05) is 0 Å². The van der Waals surface area contributed by atoms with Crippen molar-refractivity contribution in [1.82, 2.24) is 0 Å². The first-order valence-corrected chi connectivity index (χ1v) is 2.53. The first-order chi connectivity index (χ1) is 4.59. The number of carboxylic acids is 1. The third-order valence-corrected chi connectivity index (χ3v) is 0.757. The average molecular weight is 445 g/mol. The normalized spacial score (nSPS) is 7.07. The summed E-state index contributed by atoms with van der Waals surface area (Å²) < 4.78 is 0. The molecule has 1 atom stereocenters. The molecule has 0 rings (SSSR count). The molecule has 0 bridgehead atoms. The Morgan fingerprint density at radius 2 is 1.67 bits per heavy atom. The number of carboxylic acid groups (broad SMARTS) is 1. The van der Waals surface area contributed by atoms with E-state index < -0.39 is 12.0 Å². The summed E-state index contributed by atoms with van der Waals surface area (Å²) in [5.74, 6) is -0.928. The van der Waals surface area contributed by atoms with E-state index in [4.69, 9.17) is 21.0 Å². The molecule has 0 aliphatic carbocycles. The van der Waals surface area contributed by atoms with Gasteiger partial charge < -0.3 is 60.6 Å². The van der Waals surface area contributed by atoms with Gasteiger partial charge in [-0.1, -0.05) is 6.92 Å². The Balaban J connectivity index is -0.0000000147. The first kappa shape index (κ1) is 45.8. The van der Waals surface area contributed by atoms with Gasteiger partial charge in [0.05, 0.1) is 0 Å². The fourth-order valence-electron chi connectivity index (χ4n) is 0.175. The Kier molecular flexibility index (Phi) is 113. The van der Waals surface area contributed by atoms with Gasteiger partial charge in [0.2, 0.25) is 0 Å². The molecule has 1 unspecified atom stereocenters. The van der Waals surface area contributed by atoms with Crippen LogP contribution in [0.15, 0.2) is 5.34 Å². The number of hydrogen-bond acceptors (Lipinski definition) is 5. The van der Waals surface area contributed by atoms with Crippen molar-refractivity contribution in [3.63, 3.8) is 0 Å². The fraction of sp³-hybridized carbons (Fsp3) is 0.500. The topological polar surface area (TPSA) is 116 Å². The van der Waals surface area contributed by atoms with Gasteiger partial charge in [-0.3, -0.25) is 4.79 Å². The summed E-state index contributed by atoms with van der Waals surface area (Å²) in [6.45, 7) is 1.73. The molecule has 0 heterocycles. The molecule has 0 spiro atoms. The van der Waals surface area contributed by atoms with Crippen molar-refractivity contribution in [3.05, 3.63) is 25.0 Å². The Morgan fingerprint density at radius 3 is 1.67 bits per heavy atom. The maximum Gasteiger partial charge on any atom is 4.00 e. The molecule has 0 aromatic carbocycles. The van der Waals surface area contributed by atoms with Crippen LogP contribution < -0.4 is 30.5 Å². The second-order valence-corrected chi connectivity index (χ2v) is 1.43. The minimum atomic E-state index is -0.928. The largest absolute Gasteiger partial charge is 4.00 e. The van der Waals surface area contributed by atoms with Crippen molar-refractivity contribution in [2.75, 3.05) is 0 Å². The van der Waals surface area contributed by atoms with Crippen LogP contribution in [0.2, 0.25) is 0 Å². The minimum absolute atomic E-state index is 0. The number of halogens is 2. The van der Waals surface area contributed by atoms with Crippen LogP contribution in [-0.4, -0.2) is 17.1 Å². The Morgan fingerprint density at radius 1 is 1.47 bits per heavy atom. The van der Waals surface area contributed by atoms with Crippen molar-refractivity contribution < 1.29 is 55.8 Å². The fourth-order valence-corrected chi connectivity index (χ4v) is 0.175. The van der Waals surface area contributed by atoms with Gasteiger partial charge in [-0.25, -0.2) is 0 Å². The van der Waals surface area contributed by atoms with Gasteiger partial charge in [0.1, 0.15) is 6.04 Å². The van der Waals surface area contributed by atoms with Crippen LogP contribution >= 0.6 is 0 Å². The summed E-state index contributed by atoms with van der Waals surface area (Å²) in [5, 5.41) is 17.1. The summed E-state index contributed by atoms with van der Waals surface area (Å²) in [7, 11) is 0. The summed E-state index contributed by atoms with van der Waals surface area (Å²) in [5.41, 5.74) is 5.02. The Hall–Kier alpha value is 0.0983. The van der Waals surface area contributed by atoms with Crippen molar-refractivity contribution in [3.8, 4) is 0 Å². The Bertz CT molecular complexity index is 121. The van der Waals surface area contributed by atoms with E-state index in [-0.39, 0.29) is 60.7 Å². The standard InChI is InChI=1S/C4H9NO2.2CH3.2ClH.HNO2.Pt/c1-2-3(5)4(6)7;;;;;2-1-3;/h3H,2,5H2,1H3,(H,6,7);2*1H3;2*1H;(H,2,3);/q;2*-1;;;;+4/p-3. The molecule has 9 heteroatoms. The van der Waals surface area contributed by atoms with Gasteiger partial charge in [0.15, 0.2) is 0 Å². The van der Waals surface area contributed by atoms with Crippen molar-refractivity contribution in [2.24, 2.45) is 11.1 Å². The van der Waals surface area contributed by atoms with Gasteiger partial charge in [0.25, 0.3) is 0 Å². The third-order valence-electron chi connectivity index (χ3n) is 0.757. The molecule has 0 saturated carbocycles. The second-order valence-electron chi connectivity index (χ2n) is 1.43. The molecule has 6 nitrogen and oxygen atoms in total. The molecule has 98 valence electrons. The zero-order valence-electron chi connectivity index (χ0n) is 8.55. The van der Waals surface area contributed by atoms with Crippen LogP contribution in [-0.2, 0) is 25.9 Å². The van der Waals surface area contributed by atoms with Gasteiger partial charge in [-0.2, -0.15) is 0 Å². The SMILES string of the molecule is CCC(N)C(=O)O.O=N[O-].[CH3-].[CH3-].[Cl-].[Cl-].[Pt+4]. The molecular formula is C6H15Cl2N2O4Pt-. The maximum atomic E-state index is 9.81. The molecule has 0 aliphatic rings. The van der Waals surface area contributed by atoms with E-state index in [0.29, 0.717) is 6.42 Å². The predicted octanol–water partition coefficient (Wildman–Crippen LogP) is -5.04. The molecule has 15 heavy (non-hydrogen) atoms. The number of nitrogens with zero attached hydrogens (tertiary/aromatic N) is 1. The summed E-state index contributed by atoms with van der Waals surface area (Å²) in [6, 6.07) is -0.681. The maximum absolute atomic E-state index is 9.81. The van der Waals surface area contributed by atoms with Gasteiger partial charge >= 0.3 is 27.0 Å². The van der Waals surface area contributed by atoms with Crippen LogP contribution in [0.4, 0.5) is 0 Å². The van der Waals surface area contributed by atoms with Crippen molar-refractivity contribution in [2.45, 2.75) is 19.4 Å². The summed E-state index contributed by atoms with van der Waals surface area (Å²) in [4.78, 5) is 17.8. The van der Waals surface area contributed by atoms with Crippen molar-refractivity contribution in [1.29, 1.82) is 0 Å². The Labute approximate surface area is 117 Å². The van der Waals surface area contributed by atoms with E-state index in [1.165, 1.54) is 0 Å². The zero-order valence-corrected chi connectivity index (χ0v) is 12.3. The van der Waals surface area contributed by atoms with Gasteiger partial charge in [-0.15, -0.1) is 5.34 Å². The monoisotopic (exact) mass is 444 g/mol. The average Bonchev–Trinajstić information content (AvgIpc) is 1.88. The van der Waals surface area contributed by atoms with E-state index in [1.807, 2.05) is 0 Å². The molecular weight excluding hydrogens is 430 g/mol. The van der Waals surface area contributed by atoms with E-state index in [2.05, 4.69) is 0 Å². The molecule has 3 N–H and O–H groups in total. The number of nitrogens with two attached hydrogens (primary N) is 1. The number of rotatable bonds is 2. The molecule has 0 saturated heterocycles. The molecule has 0 amide bonds. The smallest absolute Gasteiger partial charge is 1.00 e. The van der Waals surface area contributed by atoms with E-state index in [1.54, 1.807) is 6.92 Å². The quantitative estimate of drug-likeness (QED) is 0.251. The zero-order chi connectivity index (χ0) is 8.57. The number of carbonyl (C=O) groups is 1. The third kappa shape index (κ3) is 55.5. The second kappa shape index (κ2) is 36.9. The molecule has 0 radical (unpaired) electrons. The molecule has 0 aromatic rings. The van der Waals surface area contributed by atoms with Crippen molar-refractivity contribution >= 4 is 5.97 Å². The minimum Gasteiger partial charge on any atom is -1.00 e. The number of aliphatic carboxylic acids is 1. The van der Waals surface area contributed by atoms with E-state index in [9.17, 15) is 4.79 Å². The van der Waals surface area contributed by atoms with Crippen LogP contribution in [0.5, 0.6) is 0 Å². The van der Waals surface area contributed by atoms with E-state index in [0.717, 1.165) is 5.34 Å². The molecule has 0 fully saturated rings. The summed E-state index contributed by atoms with van der Waals surface area (Å²) >= 11 is 0. The van der Waals surface area contributed by atoms with Crippen LogP contribution in [0.25, 0.3) is 0 Å². The molecule has 0 aromatic heterocycles. The van der Waals surface area contributed by atoms with Crippen LogP contribution in [0, 0.1) is 25.0 Å². The predicted molar refractivity (Wildman–Crippen MR) is 47.9 cm³/mol. The van der Waals surface area contributed by atoms with Gasteiger partial charge in [-0.05, 0) is 6.42 Å². The van der Waals surface area contributed by atoms with Crippen LogP contribution in [0.1, 0.15) is 13.3 Å². The number of hydrogen-bond donors (Lipinski definition) is 2. The first-order valence-electron chi connectivity index (χ1n) is 2.53. The summed E-state index contributed by atoms with van der Waals surface area (Å²) in [6.07, 6.45) is 0.495. The molecule has 0 aliphatic heterocycles. The van der Waals surface area contributed by atoms with Crippen LogP contribution in [0.3, 0.4) is 0 Å². The van der Waals surface area contributed by atoms with E-state index >= 15 is 0 Å².